The number of halogens is 2. The molecule has 1 aromatic heterocycles. The zero-order valence-electron chi connectivity index (χ0n) is 16.3. The van der Waals surface area contributed by atoms with Gasteiger partial charge in [-0.3, -0.25) is 9.71 Å². The van der Waals surface area contributed by atoms with Crippen molar-refractivity contribution in [1.82, 2.24) is 4.98 Å². The van der Waals surface area contributed by atoms with Crippen molar-refractivity contribution in [2.45, 2.75) is 12.3 Å². The standard InChI is InChI=1S/C20H20ClFN4O3S2/c1-24-18(6-7-23)16-10-12(21)2-4-14(16)19(27)15-5-3-13(11-17(15)22)31(28,29)26-20-25-8-9-30-20/h2-11,15,17,19,27H,23H2,1H3,(H,25,26). The van der Waals surface area contributed by atoms with E-state index in [2.05, 4.69) is 14.7 Å². The molecule has 7 nitrogen and oxygen atoms in total. The van der Waals surface area contributed by atoms with Crippen LogP contribution in [0.15, 0.2) is 70.2 Å². The van der Waals surface area contributed by atoms with Crippen LogP contribution in [0.3, 0.4) is 0 Å². The third-order valence-corrected chi connectivity index (χ3v) is 7.02. The van der Waals surface area contributed by atoms with Crippen LogP contribution in [0.4, 0.5) is 9.52 Å². The van der Waals surface area contributed by atoms with Gasteiger partial charge in [-0.05, 0) is 42.1 Å². The van der Waals surface area contributed by atoms with Gasteiger partial charge >= 0.3 is 0 Å². The molecule has 2 aromatic rings. The minimum absolute atomic E-state index is 0.178. The Morgan fingerprint density at radius 3 is 2.87 bits per heavy atom. The number of nitrogens with zero attached hydrogens (tertiary/aromatic N) is 2. The third kappa shape index (κ3) is 5.21. The summed E-state index contributed by atoms with van der Waals surface area (Å²) in [5, 5.41) is 13.2. The number of rotatable bonds is 7. The van der Waals surface area contributed by atoms with Crippen molar-refractivity contribution in [3.8, 4) is 0 Å². The number of allylic oxidation sites excluding steroid dienone is 3. The van der Waals surface area contributed by atoms with E-state index in [1.165, 1.54) is 24.5 Å². The summed E-state index contributed by atoms with van der Waals surface area (Å²) in [5.41, 5.74) is 6.82. The fourth-order valence-electron chi connectivity index (χ4n) is 3.13. The van der Waals surface area contributed by atoms with Crippen molar-refractivity contribution in [3.05, 3.63) is 81.3 Å². The molecule has 3 unspecified atom stereocenters. The van der Waals surface area contributed by atoms with Crippen molar-refractivity contribution < 1.29 is 17.9 Å². The zero-order valence-corrected chi connectivity index (χ0v) is 18.7. The predicted octanol–water partition coefficient (Wildman–Crippen LogP) is 3.57. The van der Waals surface area contributed by atoms with Gasteiger partial charge in [0.1, 0.15) is 6.17 Å². The number of aliphatic hydroxyl groups is 1. The molecule has 1 heterocycles. The number of anilines is 1. The van der Waals surface area contributed by atoms with E-state index in [0.29, 0.717) is 21.9 Å². The normalized spacial score (nSPS) is 20.6. The smallest absolute Gasteiger partial charge is 0.263 e. The lowest BCUT2D eigenvalue weighted by Gasteiger charge is -2.27. The number of thiazole rings is 1. The van der Waals surface area contributed by atoms with Crippen molar-refractivity contribution in [2.24, 2.45) is 16.6 Å². The zero-order chi connectivity index (χ0) is 22.6. The van der Waals surface area contributed by atoms with Crippen molar-refractivity contribution in [1.29, 1.82) is 0 Å². The molecular weight excluding hydrogens is 463 g/mol. The molecule has 3 rings (SSSR count). The first-order valence-corrected chi connectivity index (χ1v) is 11.8. The Kier molecular flexibility index (Phi) is 7.26. The Morgan fingerprint density at radius 1 is 1.48 bits per heavy atom. The number of sulfonamides is 1. The van der Waals surface area contributed by atoms with E-state index in [-0.39, 0.29) is 10.0 Å². The van der Waals surface area contributed by atoms with Gasteiger partial charge in [0.05, 0.1) is 16.7 Å². The highest BCUT2D eigenvalue weighted by Gasteiger charge is 2.33. The topological polar surface area (TPSA) is 118 Å². The summed E-state index contributed by atoms with van der Waals surface area (Å²) in [5.74, 6) is -1.02. The quantitative estimate of drug-likeness (QED) is 0.521. The van der Waals surface area contributed by atoms with Crippen LogP contribution in [0.1, 0.15) is 17.2 Å². The van der Waals surface area contributed by atoms with E-state index in [0.717, 1.165) is 17.4 Å². The fourth-order valence-corrected chi connectivity index (χ4v) is 5.17. The first-order chi connectivity index (χ1) is 14.8. The molecule has 1 aromatic carbocycles. The van der Waals surface area contributed by atoms with E-state index in [9.17, 15) is 13.5 Å². The molecule has 31 heavy (non-hydrogen) atoms. The van der Waals surface area contributed by atoms with Gasteiger partial charge in [0.2, 0.25) is 0 Å². The van der Waals surface area contributed by atoms with Crippen LogP contribution >= 0.6 is 22.9 Å². The van der Waals surface area contributed by atoms with Crippen molar-refractivity contribution in [3.63, 3.8) is 0 Å². The van der Waals surface area contributed by atoms with Crippen molar-refractivity contribution in [2.75, 3.05) is 11.8 Å². The lowest BCUT2D eigenvalue weighted by Crippen LogP contribution is -2.26. The molecule has 3 atom stereocenters. The molecule has 0 saturated heterocycles. The SMILES string of the molecule is CN=C(C=CN)c1cc(Cl)ccc1C(O)C1C=CC(S(=O)(=O)Nc2nccs2)=CC1F. The molecule has 1 aliphatic rings. The Hall–Kier alpha value is -2.53. The van der Waals surface area contributed by atoms with Gasteiger partial charge in [-0.2, -0.15) is 0 Å². The number of nitrogens with two attached hydrogens (primary N) is 1. The average molecular weight is 483 g/mol. The molecule has 4 N–H and O–H groups in total. The first kappa shape index (κ1) is 23.1. The van der Waals surface area contributed by atoms with Gasteiger partial charge in [-0.15, -0.1) is 11.3 Å². The second-order valence-corrected chi connectivity index (χ2v) is 9.55. The lowest BCUT2D eigenvalue weighted by molar-refractivity contribution is 0.0950. The lowest BCUT2D eigenvalue weighted by atomic mass is 9.86. The minimum atomic E-state index is -4.00. The number of nitrogens with one attached hydrogen (secondary N) is 1. The van der Waals surface area contributed by atoms with E-state index >= 15 is 4.39 Å². The highest BCUT2D eigenvalue weighted by molar-refractivity contribution is 7.96. The maximum absolute atomic E-state index is 15.0. The fraction of sp³-hybridized carbons (Fsp3) is 0.200. The summed E-state index contributed by atoms with van der Waals surface area (Å²) in [6, 6.07) is 4.76. The second kappa shape index (κ2) is 9.73. The Labute approximate surface area is 188 Å². The third-order valence-electron chi connectivity index (χ3n) is 4.61. The number of aromatic nitrogens is 1. The maximum Gasteiger partial charge on any atom is 0.263 e. The number of aliphatic hydroxyl groups excluding tert-OH is 1. The van der Waals surface area contributed by atoms with E-state index < -0.39 is 28.2 Å². The molecule has 164 valence electrons. The summed E-state index contributed by atoms with van der Waals surface area (Å²) in [7, 11) is -2.44. The van der Waals surface area contributed by atoms with E-state index in [1.54, 1.807) is 36.7 Å². The average Bonchev–Trinajstić information content (AvgIpc) is 3.23. The second-order valence-electron chi connectivity index (χ2n) is 6.54. The van der Waals surface area contributed by atoms with Crippen LogP contribution < -0.4 is 10.5 Å². The Balaban J connectivity index is 1.88. The number of alkyl halides is 1. The maximum atomic E-state index is 15.0. The molecule has 0 aliphatic heterocycles. The van der Waals surface area contributed by atoms with Crippen LogP contribution in [0.5, 0.6) is 0 Å². The molecule has 0 amide bonds. The van der Waals surface area contributed by atoms with Crippen LogP contribution in [-0.2, 0) is 10.0 Å². The highest BCUT2D eigenvalue weighted by Crippen LogP contribution is 2.35. The number of benzene rings is 1. The summed E-state index contributed by atoms with van der Waals surface area (Å²) >= 11 is 7.20. The predicted molar refractivity (Wildman–Crippen MR) is 122 cm³/mol. The van der Waals surface area contributed by atoms with Crippen molar-refractivity contribution >= 4 is 43.8 Å². The van der Waals surface area contributed by atoms with Gasteiger partial charge in [-0.25, -0.2) is 17.8 Å². The van der Waals surface area contributed by atoms with Gasteiger partial charge in [-0.1, -0.05) is 23.7 Å². The van der Waals surface area contributed by atoms with Crippen LogP contribution in [0.25, 0.3) is 0 Å². The molecule has 0 fully saturated rings. The monoisotopic (exact) mass is 482 g/mol. The number of hydrogen-bond acceptors (Lipinski definition) is 7. The molecular formula is C20H20ClFN4O3S2. The minimum Gasteiger partial charge on any atom is -0.405 e. The molecule has 11 heteroatoms. The van der Waals surface area contributed by atoms with Crippen LogP contribution in [0.2, 0.25) is 5.02 Å². The number of hydrogen-bond donors (Lipinski definition) is 3. The molecule has 1 aliphatic carbocycles. The number of aliphatic imine (C=N–C) groups is 1. The highest BCUT2D eigenvalue weighted by atomic mass is 35.5. The summed E-state index contributed by atoms with van der Waals surface area (Å²) in [6.07, 6.45) is 4.83. The molecule has 0 saturated carbocycles. The van der Waals surface area contributed by atoms with Gasteiger partial charge in [0.15, 0.2) is 5.13 Å². The Bertz CT molecular complexity index is 1160. The Morgan fingerprint density at radius 2 is 2.26 bits per heavy atom. The molecule has 0 spiro atoms. The van der Waals surface area contributed by atoms with Gasteiger partial charge in [0, 0.05) is 35.1 Å². The molecule has 0 radical (unpaired) electrons. The summed E-state index contributed by atoms with van der Waals surface area (Å²) in [4.78, 5) is 7.76. The van der Waals surface area contributed by atoms with Crippen LogP contribution in [-0.4, -0.2) is 37.4 Å². The van der Waals surface area contributed by atoms with Gasteiger partial charge in [0.25, 0.3) is 10.0 Å². The van der Waals surface area contributed by atoms with Crippen LogP contribution in [0, 0.1) is 5.92 Å². The van der Waals surface area contributed by atoms with E-state index in [1.807, 2.05) is 0 Å². The summed E-state index contributed by atoms with van der Waals surface area (Å²) in [6.45, 7) is 0. The van der Waals surface area contributed by atoms with Gasteiger partial charge < -0.3 is 10.8 Å². The van der Waals surface area contributed by atoms with E-state index in [4.69, 9.17) is 17.3 Å². The first-order valence-electron chi connectivity index (χ1n) is 9.06. The molecule has 0 bridgehead atoms. The summed E-state index contributed by atoms with van der Waals surface area (Å²) < 4.78 is 42.3. The largest absolute Gasteiger partial charge is 0.405 e.